The van der Waals surface area contributed by atoms with Crippen LogP contribution in [-0.4, -0.2) is 45.6 Å². The van der Waals surface area contributed by atoms with E-state index in [1.54, 1.807) is 0 Å². The molecule has 6 rings (SSSR count). The SMILES string of the molecule is CC1=C[C@@H]2CC3=C([C@H](O)C[C@]4(C)[C@H]3C[C@@]3(O)C=C5C=CC(=O)OC(C)(C)[C@@H]5CC[C@@H]43)[C@H](C)[C@H]2OC1=O. The Morgan fingerprint density at radius 2 is 1.81 bits per heavy atom. The Kier molecular flexibility index (Phi) is 5.15. The maximum Gasteiger partial charge on any atom is 0.333 e. The highest BCUT2D eigenvalue weighted by Crippen LogP contribution is 2.66. The molecule has 9 atom stereocenters. The van der Waals surface area contributed by atoms with Crippen molar-refractivity contribution < 1.29 is 29.3 Å². The number of allylic oxidation sites excluding steroid dienone is 2. The molecular formula is C30H38O6. The number of carbonyl (C=O) groups excluding carboxylic acids is 2. The first-order chi connectivity index (χ1) is 16.8. The molecule has 1 fully saturated rings. The van der Waals surface area contributed by atoms with E-state index >= 15 is 0 Å². The van der Waals surface area contributed by atoms with Crippen LogP contribution in [0.15, 0.2) is 46.6 Å². The summed E-state index contributed by atoms with van der Waals surface area (Å²) in [5.41, 5.74) is 1.98. The number of rotatable bonds is 0. The molecule has 1 saturated carbocycles. The van der Waals surface area contributed by atoms with Crippen LogP contribution < -0.4 is 0 Å². The second-order valence-corrected chi connectivity index (χ2v) is 13.0. The van der Waals surface area contributed by atoms with E-state index in [2.05, 4.69) is 19.9 Å². The maximum absolute atomic E-state index is 12.3. The van der Waals surface area contributed by atoms with E-state index in [4.69, 9.17) is 9.47 Å². The van der Waals surface area contributed by atoms with Crippen molar-refractivity contribution in [2.24, 2.45) is 35.0 Å². The van der Waals surface area contributed by atoms with Gasteiger partial charge in [-0.3, -0.25) is 0 Å². The minimum atomic E-state index is -1.02. The van der Waals surface area contributed by atoms with Crippen LogP contribution in [0.5, 0.6) is 0 Å². The second-order valence-electron chi connectivity index (χ2n) is 13.0. The Bertz CT molecular complexity index is 1160. The van der Waals surface area contributed by atoms with Gasteiger partial charge in [0.25, 0.3) is 0 Å². The molecule has 2 heterocycles. The summed E-state index contributed by atoms with van der Waals surface area (Å²) in [6, 6.07) is 0. The van der Waals surface area contributed by atoms with Gasteiger partial charge in [0, 0.05) is 29.4 Å². The van der Waals surface area contributed by atoms with Crippen LogP contribution >= 0.6 is 0 Å². The van der Waals surface area contributed by atoms with E-state index in [9.17, 15) is 19.8 Å². The van der Waals surface area contributed by atoms with Crippen LogP contribution in [0.3, 0.4) is 0 Å². The monoisotopic (exact) mass is 494 g/mol. The smallest absolute Gasteiger partial charge is 0.333 e. The number of carbonyl (C=O) groups is 2. The standard InChI is InChI=1S/C30H38O6/c1-15-10-18-11-19-21-13-30(34)12-17-6-9-24(32)36-28(3,4)20(17)7-8-23(30)29(21,5)14-22(31)25(19)16(2)26(18)35-27(15)33/h6,9-10,12,16,18,20-23,26,31,34H,7-8,11,13-14H2,1-5H3/t16-,18+,20+,21-,22+,23-,26+,29+,30-/m0/s1. The predicted molar refractivity (Wildman–Crippen MR) is 133 cm³/mol. The molecule has 2 N–H and O–H groups in total. The van der Waals surface area contributed by atoms with Gasteiger partial charge in [0.05, 0.1) is 11.7 Å². The van der Waals surface area contributed by atoms with Crippen molar-refractivity contribution in [1.29, 1.82) is 0 Å². The lowest BCUT2D eigenvalue weighted by Crippen LogP contribution is -2.49. The van der Waals surface area contributed by atoms with E-state index < -0.39 is 17.3 Å². The molecule has 0 unspecified atom stereocenters. The van der Waals surface area contributed by atoms with Gasteiger partial charge >= 0.3 is 11.9 Å². The number of fused-ring (bicyclic) bond motifs is 6. The van der Waals surface area contributed by atoms with Gasteiger partial charge in [0.2, 0.25) is 0 Å². The summed E-state index contributed by atoms with van der Waals surface area (Å²) in [4.78, 5) is 24.5. The quantitative estimate of drug-likeness (QED) is 0.388. The average molecular weight is 495 g/mol. The molecule has 4 aliphatic carbocycles. The Hall–Kier alpha value is -2.18. The minimum Gasteiger partial charge on any atom is -0.458 e. The molecule has 36 heavy (non-hydrogen) atoms. The Morgan fingerprint density at radius 3 is 2.56 bits per heavy atom. The van der Waals surface area contributed by atoms with Gasteiger partial charge in [0.1, 0.15) is 11.7 Å². The molecule has 2 aliphatic heterocycles. The fourth-order valence-electron chi connectivity index (χ4n) is 9.06. The van der Waals surface area contributed by atoms with Crippen molar-refractivity contribution in [3.05, 3.63) is 46.6 Å². The predicted octanol–water partition coefficient (Wildman–Crippen LogP) is 4.18. The summed E-state index contributed by atoms with van der Waals surface area (Å²) in [5.74, 6) is -0.402. The molecule has 0 bridgehead atoms. The molecule has 0 radical (unpaired) electrons. The van der Waals surface area contributed by atoms with Crippen LogP contribution in [0.2, 0.25) is 0 Å². The van der Waals surface area contributed by atoms with Crippen molar-refractivity contribution in [2.45, 2.75) is 90.1 Å². The van der Waals surface area contributed by atoms with Crippen LogP contribution in [0, 0.1) is 35.0 Å². The summed E-state index contributed by atoms with van der Waals surface area (Å²) in [6.07, 6.45) is 10.1. The van der Waals surface area contributed by atoms with E-state index in [0.29, 0.717) is 18.4 Å². The third-order valence-corrected chi connectivity index (χ3v) is 10.6. The first-order valence-corrected chi connectivity index (χ1v) is 13.5. The minimum absolute atomic E-state index is 0.00693. The number of aliphatic hydroxyl groups is 2. The first-order valence-electron chi connectivity index (χ1n) is 13.5. The molecule has 6 nitrogen and oxygen atoms in total. The van der Waals surface area contributed by atoms with Crippen LogP contribution in [0.25, 0.3) is 0 Å². The molecular weight excluding hydrogens is 456 g/mol. The van der Waals surface area contributed by atoms with E-state index in [0.717, 1.165) is 30.4 Å². The van der Waals surface area contributed by atoms with E-state index in [1.165, 1.54) is 11.6 Å². The second kappa shape index (κ2) is 7.67. The van der Waals surface area contributed by atoms with Crippen molar-refractivity contribution in [3.63, 3.8) is 0 Å². The number of cyclic esters (lactones) is 1. The highest BCUT2D eigenvalue weighted by Gasteiger charge is 2.64. The van der Waals surface area contributed by atoms with Gasteiger partial charge in [0.15, 0.2) is 0 Å². The summed E-state index contributed by atoms with van der Waals surface area (Å²) < 4.78 is 11.6. The van der Waals surface area contributed by atoms with Crippen molar-refractivity contribution >= 4 is 11.9 Å². The summed E-state index contributed by atoms with van der Waals surface area (Å²) in [6.45, 7) is 10.1. The van der Waals surface area contributed by atoms with Gasteiger partial charge in [-0.25, -0.2) is 9.59 Å². The molecule has 0 saturated heterocycles. The number of hydrogen-bond donors (Lipinski definition) is 2. The first kappa shape index (κ1) is 24.2. The Labute approximate surface area is 213 Å². The lowest BCUT2D eigenvalue weighted by Gasteiger charge is -2.51. The van der Waals surface area contributed by atoms with Gasteiger partial charge in [-0.05, 0) is 87.3 Å². The van der Waals surface area contributed by atoms with E-state index in [-0.39, 0.29) is 53.0 Å². The normalized spacial score (nSPS) is 47.0. The number of ether oxygens (including phenoxy) is 2. The highest BCUT2D eigenvalue weighted by atomic mass is 16.6. The summed E-state index contributed by atoms with van der Waals surface area (Å²) in [7, 11) is 0. The third-order valence-electron chi connectivity index (χ3n) is 10.6. The van der Waals surface area contributed by atoms with Gasteiger partial charge in [-0.15, -0.1) is 0 Å². The molecule has 0 aromatic rings. The molecule has 6 heteroatoms. The summed E-state index contributed by atoms with van der Waals surface area (Å²) in [5, 5.41) is 23.8. The van der Waals surface area contributed by atoms with Gasteiger partial charge in [-0.2, -0.15) is 0 Å². The zero-order chi connectivity index (χ0) is 25.8. The largest absolute Gasteiger partial charge is 0.458 e. The fourth-order valence-corrected chi connectivity index (χ4v) is 9.06. The molecule has 194 valence electrons. The lowest BCUT2D eigenvalue weighted by atomic mass is 9.56. The molecule has 6 aliphatic rings. The van der Waals surface area contributed by atoms with Crippen LogP contribution in [0.1, 0.15) is 66.7 Å². The number of aliphatic hydroxyl groups excluding tert-OH is 1. The molecule has 0 spiro atoms. The fraction of sp³-hybridized carbons (Fsp3) is 0.667. The van der Waals surface area contributed by atoms with Crippen LogP contribution in [0.4, 0.5) is 0 Å². The molecule has 0 aromatic carbocycles. The summed E-state index contributed by atoms with van der Waals surface area (Å²) >= 11 is 0. The number of esters is 2. The highest BCUT2D eigenvalue weighted by molar-refractivity contribution is 5.89. The van der Waals surface area contributed by atoms with Crippen molar-refractivity contribution in [1.82, 2.24) is 0 Å². The van der Waals surface area contributed by atoms with E-state index in [1.807, 2.05) is 32.9 Å². The van der Waals surface area contributed by atoms with Gasteiger partial charge in [-0.1, -0.05) is 31.6 Å². The number of hydrogen-bond acceptors (Lipinski definition) is 6. The van der Waals surface area contributed by atoms with Crippen molar-refractivity contribution in [2.75, 3.05) is 0 Å². The zero-order valence-electron chi connectivity index (χ0n) is 21.9. The average Bonchev–Trinajstić information content (AvgIpc) is 2.86. The molecule has 0 amide bonds. The Morgan fingerprint density at radius 1 is 1.06 bits per heavy atom. The Balaban J connectivity index is 1.42. The van der Waals surface area contributed by atoms with Crippen molar-refractivity contribution in [3.8, 4) is 0 Å². The van der Waals surface area contributed by atoms with Gasteiger partial charge < -0.3 is 19.7 Å². The zero-order valence-corrected chi connectivity index (χ0v) is 21.9. The topological polar surface area (TPSA) is 93.1 Å². The third kappa shape index (κ3) is 3.29. The lowest BCUT2D eigenvalue weighted by molar-refractivity contribution is -0.153. The molecule has 0 aromatic heterocycles. The van der Waals surface area contributed by atoms with Crippen LogP contribution in [-0.2, 0) is 19.1 Å². The maximum atomic E-state index is 12.3.